The molecule has 3 aliphatic heterocycles. The Balaban J connectivity index is 1.37. The predicted octanol–water partition coefficient (Wildman–Crippen LogP) is 1.83. The Morgan fingerprint density at radius 1 is 1.20 bits per heavy atom. The largest absolute Gasteiger partial charge is 0.462 e. The zero-order valence-electron chi connectivity index (χ0n) is 16.1. The van der Waals surface area contributed by atoms with Crippen molar-refractivity contribution in [3.8, 4) is 0 Å². The maximum atomic E-state index is 12.7. The molecule has 0 unspecified atom stereocenters. The van der Waals surface area contributed by atoms with Crippen molar-refractivity contribution in [3.63, 3.8) is 0 Å². The van der Waals surface area contributed by atoms with Crippen molar-refractivity contribution in [2.24, 2.45) is 29.1 Å². The second-order valence-electron chi connectivity index (χ2n) is 10.2. The fourth-order valence-corrected chi connectivity index (χ4v) is 7.15. The van der Waals surface area contributed by atoms with Crippen LogP contribution < -0.4 is 4.90 Å². The highest BCUT2D eigenvalue weighted by atomic mass is 16.6. The molecule has 4 heteroatoms. The maximum Gasteiger partial charge on any atom is 0.315 e. The highest BCUT2D eigenvalue weighted by Crippen LogP contribution is 2.70. The fourth-order valence-electron chi connectivity index (χ4n) is 7.15. The zero-order chi connectivity index (χ0) is 17.4. The molecule has 2 aliphatic carbocycles. The fraction of sp³-hybridized carbons (Fsp3) is 0.952. The van der Waals surface area contributed by atoms with Gasteiger partial charge in [0.15, 0.2) is 0 Å². The van der Waals surface area contributed by atoms with Crippen LogP contribution in [0.2, 0.25) is 0 Å². The van der Waals surface area contributed by atoms with Crippen molar-refractivity contribution < 1.29 is 19.2 Å². The molecule has 25 heavy (non-hydrogen) atoms. The van der Waals surface area contributed by atoms with Gasteiger partial charge in [0.05, 0.1) is 25.7 Å². The molecule has 0 aromatic carbocycles. The summed E-state index contributed by atoms with van der Waals surface area (Å²) in [5, 5.41) is 0. The molecular weight excluding hydrogens is 314 g/mol. The molecule has 2 saturated carbocycles. The van der Waals surface area contributed by atoms with Gasteiger partial charge in [-0.05, 0) is 43.9 Å². The van der Waals surface area contributed by atoms with E-state index >= 15 is 0 Å². The van der Waals surface area contributed by atoms with Crippen LogP contribution in [-0.2, 0) is 14.3 Å². The number of esters is 1. The second kappa shape index (κ2) is 5.45. The summed E-state index contributed by atoms with van der Waals surface area (Å²) in [6.07, 6.45) is 7.79. The second-order valence-corrected chi connectivity index (χ2v) is 10.2. The highest BCUT2D eigenvalue weighted by molar-refractivity contribution is 5.76. The van der Waals surface area contributed by atoms with E-state index in [9.17, 15) is 4.79 Å². The van der Waals surface area contributed by atoms with Gasteiger partial charge in [-0.3, -0.25) is 4.79 Å². The topological polar surface area (TPSA) is 43.3 Å². The predicted molar refractivity (Wildman–Crippen MR) is 94.2 cm³/mol. The first-order valence-electron chi connectivity index (χ1n) is 10.7. The van der Waals surface area contributed by atoms with Gasteiger partial charge in [0.1, 0.15) is 17.6 Å². The van der Waals surface area contributed by atoms with Crippen molar-refractivity contribution in [1.29, 1.82) is 0 Å². The average molecular weight is 349 g/mol. The first-order chi connectivity index (χ1) is 11.9. The Kier molecular flexibility index (Phi) is 3.61. The lowest BCUT2D eigenvalue weighted by Gasteiger charge is -2.48. The highest BCUT2D eigenvalue weighted by Gasteiger charge is 2.78. The third-order valence-electron chi connectivity index (χ3n) is 8.68. The number of quaternary nitrogens is 1. The molecule has 3 saturated heterocycles. The van der Waals surface area contributed by atoms with Crippen molar-refractivity contribution in [2.45, 2.75) is 77.1 Å². The molecule has 0 amide bonds. The van der Waals surface area contributed by atoms with Gasteiger partial charge in [0.2, 0.25) is 0 Å². The Morgan fingerprint density at radius 3 is 2.72 bits per heavy atom. The number of likely N-dealkylation sites (tertiary alicyclic amines) is 1. The van der Waals surface area contributed by atoms with Crippen LogP contribution in [0.5, 0.6) is 0 Å². The summed E-state index contributed by atoms with van der Waals surface area (Å²) in [5.74, 6) is 1.92. The van der Waals surface area contributed by atoms with Crippen LogP contribution >= 0.6 is 0 Å². The van der Waals surface area contributed by atoms with E-state index in [1.807, 2.05) is 0 Å². The molecule has 4 nitrogen and oxygen atoms in total. The Hall–Kier alpha value is -0.610. The van der Waals surface area contributed by atoms with Crippen LogP contribution in [0, 0.1) is 29.1 Å². The van der Waals surface area contributed by atoms with E-state index in [1.165, 1.54) is 45.2 Å². The van der Waals surface area contributed by atoms with Crippen molar-refractivity contribution in [3.05, 3.63) is 0 Å². The molecular formula is C21H34NO3+. The molecule has 1 spiro atoms. The normalized spacial score (nSPS) is 57.2. The van der Waals surface area contributed by atoms with Crippen LogP contribution in [0.3, 0.4) is 0 Å². The van der Waals surface area contributed by atoms with Gasteiger partial charge in [-0.15, -0.1) is 0 Å². The SMILES string of the molecule is CC1CC[NH+](C[C@H]2C(=O)O[C@@H]3C[C@@]4(C)CCC[C@H](C)[C@@]45O[C@H]5[C@@H]32)CC1. The first kappa shape index (κ1) is 16.6. The molecule has 7 atom stereocenters. The van der Waals surface area contributed by atoms with Crippen molar-refractivity contribution >= 4 is 5.97 Å². The Morgan fingerprint density at radius 2 is 1.96 bits per heavy atom. The lowest BCUT2D eigenvalue weighted by molar-refractivity contribution is -0.908. The van der Waals surface area contributed by atoms with Crippen LogP contribution in [0.4, 0.5) is 0 Å². The summed E-state index contributed by atoms with van der Waals surface area (Å²) in [6.45, 7) is 10.5. The summed E-state index contributed by atoms with van der Waals surface area (Å²) in [6, 6.07) is 0. The van der Waals surface area contributed by atoms with Crippen LogP contribution in [0.1, 0.15) is 59.3 Å². The number of ether oxygens (including phenoxy) is 2. The first-order valence-corrected chi connectivity index (χ1v) is 10.7. The van der Waals surface area contributed by atoms with E-state index in [0.29, 0.717) is 11.8 Å². The minimum atomic E-state index is 0.0460. The number of hydrogen-bond acceptors (Lipinski definition) is 3. The lowest BCUT2D eigenvalue weighted by atomic mass is 9.53. The molecule has 0 bridgehead atoms. The number of carbonyl (C=O) groups is 1. The van der Waals surface area contributed by atoms with E-state index in [1.54, 1.807) is 4.90 Å². The molecule has 0 aromatic heterocycles. The maximum absolute atomic E-state index is 12.7. The zero-order valence-corrected chi connectivity index (χ0v) is 16.1. The molecule has 3 heterocycles. The van der Waals surface area contributed by atoms with Gasteiger partial charge in [-0.1, -0.05) is 27.2 Å². The van der Waals surface area contributed by atoms with Gasteiger partial charge in [0.25, 0.3) is 0 Å². The van der Waals surface area contributed by atoms with Gasteiger partial charge < -0.3 is 14.4 Å². The number of nitrogens with one attached hydrogen (secondary N) is 1. The third kappa shape index (κ3) is 2.22. The van der Waals surface area contributed by atoms with Crippen LogP contribution in [0.25, 0.3) is 0 Å². The number of hydrogen-bond donors (Lipinski definition) is 1. The Bertz CT molecular complexity index is 571. The molecule has 0 radical (unpaired) electrons. The van der Waals surface area contributed by atoms with E-state index in [0.717, 1.165) is 18.9 Å². The summed E-state index contributed by atoms with van der Waals surface area (Å²) in [5.41, 5.74) is 0.253. The minimum Gasteiger partial charge on any atom is -0.462 e. The molecule has 1 N–H and O–H groups in total. The number of carbonyl (C=O) groups excluding carboxylic acids is 1. The summed E-state index contributed by atoms with van der Waals surface area (Å²) in [7, 11) is 0. The standard InChI is InChI=1S/C21H33NO3/c1-13-6-9-22(10-7-13)12-15-17-16(24-19(15)23)11-20(3)8-4-5-14(2)21(20)18(17)25-21/h13-18H,4-12H2,1-3H3/p+1/t14-,15+,16+,17+,18-,20+,21-/m0/s1. The van der Waals surface area contributed by atoms with Gasteiger partial charge >= 0.3 is 5.97 Å². The van der Waals surface area contributed by atoms with E-state index in [2.05, 4.69) is 20.8 Å². The van der Waals surface area contributed by atoms with Gasteiger partial charge in [0, 0.05) is 11.3 Å². The lowest BCUT2D eigenvalue weighted by Crippen LogP contribution is -3.14. The molecule has 5 fully saturated rings. The monoisotopic (exact) mass is 348 g/mol. The number of rotatable bonds is 2. The van der Waals surface area contributed by atoms with Gasteiger partial charge in [-0.2, -0.15) is 0 Å². The average Bonchev–Trinajstić information content (AvgIpc) is 3.25. The molecule has 5 rings (SSSR count). The Labute approximate surface area is 151 Å². The quantitative estimate of drug-likeness (QED) is 0.612. The van der Waals surface area contributed by atoms with Crippen LogP contribution in [-0.4, -0.2) is 43.4 Å². The van der Waals surface area contributed by atoms with Gasteiger partial charge in [-0.25, -0.2) is 0 Å². The van der Waals surface area contributed by atoms with Crippen molar-refractivity contribution in [2.75, 3.05) is 19.6 Å². The summed E-state index contributed by atoms with van der Waals surface area (Å²) in [4.78, 5) is 14.4. The van der Waals surface area contributed by atoms with E-state index < -0.39 is 0 Å². The summed E-state index contributed by atoms with van der Waals surface area (Å²) >= 11 is 0. The smallest absolute Gasteiger partial charge is 0.315 e. The minimum absolute atomic E-state index is 0.0460. The molecule has 140 valence electrons. The number of piperidine rings is 1. The number of fused-ring (bicyclic) bond motifs is 2. The third-order valence-corrected chi connectivity index (χ3v) is 8.68. The number of epoxide rings is 1. The van der Waals surface area contributed by atoms with Crippen molar-refractivity contribution in [1.82, 2.24) is 0 Å². The van der Waals surface area contributed by atoms with E-state index in [4.69, 9.17) is 9.47 Å². The van der Waals surface area contributed by atoms with E-state index in [-0.39, 0.29) is 35.1 Å². The van der Waals surface area contributed by atoms with Crippen LogP contribution in [0.15, 0.2) is 0 Å². The molecule has 0 aromatic rings. The summed E-state index contributed by atoms with van der Waals surface area (Å²) < 4.78 is 12.5. The molecule has 5 aliphatic rings.